The average Bonchev–Trinajstić information content (AvgIpc) is 2.37. The van der Waals surface area contributed by atoms with Gasteiger partial charge in [-0.15, -0.1) is 0 Å². The lowest BCUT2D eigenvalue weighted by Gasteiger charge is -2.07. The summed E-state index contributed by atoms with van der Waals surface area (Å²) in [4.78, 5) is 0. The Hall–Kier alpha value is -1.41. The van der Waals surface area contributed by atoms with Gasteiger partial charge in [0.05, 0.1) is 0 Å². The minimum atomic E-state index is -0.125. The summed E-state index contributed by atoms with van der Waals surface area (Å²) in [7, 11) is 1.97. The van der Waals surface area contributed by atoms with Crippen LogP contribution < -0.4 is 5.32 Å². The third-order valence-electron chi connectivity index (χ3n) is 3.08. The zero-order chi connectivity index (χ0) is 12.1. The second kappa shape index (κ2) is 5.78. The van der Waals surface area contributed by atoms with Gasteiger partial charge in [-0.2, -0.15) is 0 Å². The molecule has 0 aliphatic heterocycles. The first kappa shape index (κ1) is 12.1. The minimum absolute atomic E-state index is 0.125. The number of hydrogen-bond donors (Lipinski definition) is 1. The molecule has 2 rings (SSSR count). The van der Waals surface area contributed by atoms with Crippen molar-refractivity contribution in [3.63, 3.8) is 0 Å². The van der Waals surface area contributed by atoms with Crippen LogP contribution >= 0.6 is 0 Å². The van der Waals surface area contributed by atoms with Gasteiger partial charge in [0.2, 0.25) is 0 Å². The first-order chi connectivity index (χ1) is 8.33. The van der Waals surface area contributed by atoms with Crippen LogP contribution in [0, 0.1) is 5.82 Å². The van der Waals surface area contributed by atoms with Crippen LogP contribution in [-0.2, 0) is 6.42 Å². The van der Waals surface area contributed by atoms with E-state index < -0.39 is 0 Å². The quantitative estimate of drug-likeness (QED) is 0.776. The van der Waals surface area contributed by atoms with Gasteiger partial charge in [0.25, 0.3) is 0 Å². The van der Waals surface area contributed by atoms with E-state index in [-0.39, 0.29) is 5.82 Å². The molecule has 1 N–H and O–H groups in total. The van der Waals surface area contributed by atoms with Crippen LogP contribution in [0.25, 0.3) is 10.8 Å². The number of nitrogens with one attached hydrogen (secondary N) is 1. The van der Waals surface area contributed by atoms with Crippen LogP contribution in [-0.4, -0.2) is 13.6 Å². The first-order valence-corrected chi connectivity index (χ1v) is 6.13. The van der Waals surface area contributed by atoms with Gasteiger partial charge >= 0.3 is 0 Å². The molecule has 0 heterocycles. The van der Waals surface area contributed by atoms with Crippen LogP contribution in [0.2, 0.25) is 0 Å². The Kier molecular flexibility index (Phi) is 4.10. The van der Waals surface area contributed by atoms with Crippen molar-refractivity contribution in [2.45, 2.75) is 19.3 Å². The molecular formula is C15H18FN. The molecule has 2 aromatic rings. The highest BCUT2D eigenvalue weighted by Crippen LogP contribution is 2.22. The van der Waals surface area contributed by atoms with Crippen molar-refractivity contribution in [1.29, 1.82) is 0 Å². The molecule has 0 amide bonds. The summed E-state index contributed by atoms with van der Waals surface area (Å²) >= 11 is 0. The average molecular weight is 231 g/mol. The molecule has 2 aromatic carbocycles. The third-order valence-corrected chi connectivity index (χ3v) is 3.08. The van der Waals surface area contributed by atoms with E-state index in [1.165, 1.54) is 5.56 Å². The topological polar surface area (TPSA) is 12.0 Å². The fraction of sp³-hybridized carbons (Fsp3) is 0.333. The smallest absolute Gasteiger partial charge is 0.131 e. The largest absolute Gasteiger partial charge is 0.320 e. The predicted molar refractivity (Wildman–Crippen MR) is 70.8 cm³/mol. The van der Waals surface area contributed by atoms with E-state index in [0.29, 0.717) is 0 Å². The van der Waals surface area contributed by atoms with E-state index in [4.69, 9.17) is 0 Å². The number of unbranched alkanes of at least 4 members (excludes halogenated alkanes) is 1. The highest BCUT2D eigenvalue weighted by Gasteiger charge is 2.04. The second-order valence-electron chi connectivity index (χ2n) is 4.31. The molecule has 0 radical (unpaired) electrons. The lowest BCUT2D eigenvalue weighted by Crippen LogP contribution is -2.07. The fourth-order valence-electron chi connectivity index (χ4n) is 2.16. The third kappa shape index (κ3) is 2.83. The van der Waals surface area contributed by atoms with Crippen molar-refractivity contribution in [2.75, 3.05) is 13.6 Å². The van der Waals surface area contributed by atoms with Crippen molar-refractivity contribution in [2.24, 2.45) is 0 Å². The highest BCUT2D eigenvalue weighted by atomic mass is 19.1. The number of hydrogen-bond acceptors (Lipinski definition) is 1. The number of fused-ring (bicyclic) bond motifs is 1. The van der Waals surface area contributed by atoms with E-state index in [2.05, 4.69) is 5.32 Å². The minimum Gasteiger partial charge on any atom is -0.320 e. The van der Waals surface area contributed by atoms with Gasteiger partial charge in [0.15, 0.2) is 0 Å². The first-order valence-electron chi connectivity index (χ1n) is 6.13. The Morgan fingerprint density at radius 1 is 1.00 bits per heavy atom. The van der Waals surface area contributed by atoms with Crippen molar-refractivity contribution in [3.05, 3.63) is 47.8 Å². The Bertz CT molecular complexity index is 493. The van der Waals surface area contributed by atoms with E-state index in [9.17, 15) is 4.39 Å². The number of halogens is 1. The van der Waals surface area contributed by atoms with Gasteiger partial charge in [-0.3, -0.25) is 0 Å². The van der Waals surface area contributed by atoms with Crippen molar-refractivity contribution in [3.8, 4) is 0 Å². The van der Waals surface area contributed by atoms with Crippen LogP contribution in [0.1, 0.15) is 18.4 Å². The summed E-state index contributed by atoms with van der Waals surface area (Å²) in [5.74, 6) is -0.125. The van der Waals surface area contributed by atoms with Gasteiger partial charge in [0, 0.05) is 5.39 Å². The summed E-state index contributed by atoms with van der Waals surface area (Å²) in [5.41, 5.74) is 1.25. The molecule has 0 fully saturated rings. The monoisotopic (exact) mass is 231 g/mol. The number of rotatable bonds is 5. The standard InChI is InChI=1S/C15H18FN/c1-17-11-5-4-6-12-9-10-15(16)14-8-3-2-7-13(12)14/h2-3,7-10,17H,4-6,11H2,1H3. The van der Waals surface area contributed by atoms with E-state index in [0.717, 1.165) is 36.6 Å². The summed E-state index contributed by atoms with van der Waals surface area (Å²) in [6.07, 6.45) is 3.31. The maximum absolute atomic E-state index is 13.6. The summed E-state index contributed by atoms with van der Waals surface area (Å²) < 4.78 is 13.6. The lowest BCUT2D eigenvalue weighted by molar-refractivity contribution is 0.638. The van der Waals surface area contributed by atoms with Gasteiger partial charge in [-0.25, -0.2) is 4.39 Å². The SMILES string of the molecule is CNCCCCc1ccc(F)c2ccccc12. The van der Waals surface area contributed by atoms with Crippen molar-refractivity contribution in [1.82, 2.24) is 5.32 Å². The summed E-state index contributed by atoms with van der Waals surface area (Å²) in [6, 6.07) is 11.2. The van der Waals surface area contributed by atoms with Crippen molar-refractivity contribution < 1.29 is 4.39 Å². The van der Waals surface area contributed by atoms with Gasteiger partial charge in [-0.1, -0.05) is 30.3 Å². The molecule has 0 aromatic heterocycles. The Labute approximate surface area is 102 Å². The molecule has 0 aliphatic carbocycles. The van der Waals surface area contributed by atoms with E-state index >= 15 is 0 Å². The number of aryl methyl sites for hydroxylation is 1. The maximum Gasteiger partial charge on any atom is 0.131 e. The Morgan fingerprint density at radius 2 is 1.76 bits per heavy atom. The van der Waals surface area contributed by atoms with Crippen LogP contribution in [0.3, 0.4) is 0 Å². The molecule has 17 heavy (non-hydrogen) atoms. The van der Waals surface area contributed by atoms with Crippen LogP contribution in [0.15, 0.2) is 36.4 Å². The summed E-state index contributed by atoms with van der Waals surface area (Å²) in [5, 5.41) is 4.93. The van der Waals surface area contributed by atoms with Gasteiger partial charge < -0.3 is 5.32 Å². The van der Waals surface area contributed by atoms with Gasteiger partial charge in [0.1, 0.15) is 5.82 Å². The molecule has 0 saturated carbocycles. The van der Waals surface area contributed by atoms with Crippen molar-refractivity contribution >= 4 is 10.8 Å². The molecule has 0 unspecified atom stereocenters. The zero-order valence-electron chi connectivity index (χ0n) is 10.2. The highest BCUT2D eigenvalue weighted by molar-refractivity contribution is 5.86. The predicted octanol–water partition coefficient (Wildman–Crippen LogP) is 3.52. The maximum atomic E-state index is 13.6. The number of benzene rings is 2. The zero-order valence-corrected chi connectivity index (χ0v) is 10.2. The van der Waals surface area contributed by atoms with Crippen LogP contribution in [0.5, 0.6) is 0 Å². The molecule has 0 aliphatic rings. The molecule has 0 bridgehead atoms. The van der Waals surface area contributed by atoms with E-state index in [1.807, 2.05) is 37.4 Å². The fourth-order valence-corrected chi connectivity index (χ4v) is 2.16. The molecular weight excluding hydrogens is 213 g/mol. The normalized spacial score (nSPS) is 10.9. The van der Waals surface area contributed by atoms with E-state index in [1.54, 1.807) is 6.07 Å². The second-order valence-corrected chi connectivity index (χ2v) is 4.31. The molecule has 90 valence electrons. The molecule has 0 atom stereocenters. The molecule has 2 heteroatoms. The Morgan fingerprint density at radius 3 is 2.53 bits per heavy atom. The molecule has 0 spiro atoms. The molecule has 0 saturated heterocycles. The lowest BCUT2D eigenvalue weighted by atomic mass is 10.00. The van der Waals surface area contributed by atoms with Gasteiger partial charge in [-0.05, 0) is 49.9 Å². The van der Waals surface area contributed by atoms with Crippen LogP contribution in [0.4, 0.5) is 4.39 Å². The Balaban J connectivity index is 2.20. The summed E-state index contributed by atoms with van der Waals surface area (Å²) in [6.45, 7) is 1.04. The molecule has 1 nitrogen and oxygen atoms in total.